The van der Waals surface area contributed by atoms with Crippen LogP contribution in [0.3, 0.4) is 0 Å². The summed E-state index contributed by atoms with van der Waals surface area (Å²) in [4.78, 5) is 4.52. The summed E-state index contributed by atoms with van der Waals surface area (Å²) in [6, 6.07) is 13.9. The first-order valence-electron chi connectivity index (χ1n) is 8.15. The average Bonchev–Trinajstić information content (AvgIpc) is 2.84. The van der Waals surface area contributed by atoms with Crippen molar-refractivity contribution < 1.29 is 9.47 Å². The second kappa shape index (κ2) is 6.84. The van der Waals surface area contributed by atoms with Crippen molar-refractivity contribution in [1.29, 1.82) is 0 Å². The fourth-order valence-electron chi connectivity index (χ4n) is 2.95. The molecule has 0 saturated heterocycles. The van der Waals surface area contributed by atoms with Crippen LogP contribution < -0.4 is 14.8 Å². The van der Waals surface area contributed by atoms with Crippen LogP contribution >= 0.6 is 11.8 Å². The van der Waals surface area contributed by atoms with Crippen molar-refractivity contribution in [2.24, 2.45) is 0 Å². The van der Waals surface area contributed by atoms with Gasteiger partial charge in [0.2, 0.25) is 11.0 Å². The van der Waals surface area contributed by atoms with Crippen LogP contribution in [-0.2, 0) is 0 Å². The van der Waals surface area contributed by atoms with Crippen LogP contribution in [0.25, 0.3) is 11.3 Å². The third-order valence-corrected chi connectivity index (χ3v) is 4.78. The Hall–Kier alpha value is -2.80. The van der Waals surface area contributed by atoms with E-state index in [-0.39, 0.29) is 0 Å². The van der Waals surface area contributed by atoms with Gasteiger partial charge in [0.15, 0.2) is 11.9 Å². The van der Waals surface area contributed by atoms with Crippen LogP contribution in [0.15, 0.2) is 47.6 Å². The topological polar surface area (TPSA) is 69.2 Å². The zero-order valence-electron chi connectivity index (χ0n) is 14.7. The maximum absolute atomic E-state index is 6.22. The summed E-state index contributed by atoms with van der Waals surface area (Å²) in [5, 5.41) is 12.5. The molecule has 1 aliphatic heterocycles. The van der Waals surface area contributed by atoms with Gasteiger partial charge >= 0.3 is 0 Å². The third kappa shape index (κ3) is 2.94. The average molecular weight is 366 g/mol. The largest absolute Gasteiger partial charge is 0.496 e. The minimum absolute atomic E-state index is 0.395. The molecule has 0 amide bonds. The number of fused-ring (bicyclic) bond motifs is 3. The molecule has 4 rings (SSSR count). The maximum atomic E-state index is 6.22. The lowest BCUT2D eigenvalue weighted by Crippen LogP contribution is -2.17. The molecule has 1 aliphatic rings. The first-order valence-corrected chi connectivity index (χ1v) is 9.38. The summed E-state index contributed by atoms with van der Waals surface area (Å²) in [5.74, 6) is 1.32. The van der Waals surface area contributed by atoms with Crippen LogP contribution in [0.4, 0.5) is 5.69 Å². The SMILES string of the molecule is COc1ccc([C@@H]2Nc3ccccc3-c3nnc(SC)nc3O2)cc1C. The van der Waals surface area contributed by atoms with E-state index in [1.165, 1.54) is 11.8 Å². The second-order valence-electron chi connectivity index (χ2n) is 5.87. The van der Waals surface area contributed by atoms with Crippen LogP contribution in [0.5, 0.6) is 11.6 Å². The van der Waals surface area contributed by atoms with Gasteiger partial charge in [-0.25, -0.2) is 0 Å². The summed E-state index contributed by atoms with van der Waals surface area (Å²) in [7, 11) is 1.67. The minimum atomic E-state index is -0.395. The number of anilines is 1. The van der Waals surface area contributed by atoms with Gasteiger partial charge < -0.3 is 14.8 Å². The molecule has 0 fully saturated rings. The number of aromatic nitrogens is 3. The van der Waals surface area contributed by atoms with Crippen molar-refractivity contribution in [3.63, 3.8) is 0 Å². The molecule has 6 nitrogen and oxygen atoms in total. The lowest BCUT2D eigenvalue weighted by molar-refractivity contribution is 0.225. The number of ether oxygens (including phenoxy) is 2. The molecule has 0 saturated carbocycles. The van der Waals surface area contributed by atoms with E-state index < -0.39 is 6.23 Å². The number of thioether (sulfide) groups is 1. The van der Waals surface area contributed by atoms with E-state index in [9.17, 15) is 0 Å². The summed E-state index contributed by atoms with van der Waals surface area (Å²) < 4.78 is 11.6. The Balaban J connectivity index is 1.83. The Morgan fingerprint density at radius 1 is 1.15 bits per heavy atom. The number of hydrogen-bond donors (Lipinski definition) is 1. The summed E-state index contributed by atoms with van der Waals surface area (Å²) in [6.45, 7) is 2.01. The van der Waals surface area contributed by atoms with Gasteiger partial charge in [-0.05, 0) is 43.0 Å². The number of aryl methyl sites for hydroxylation is 1. The van der Waals surface area contributed by atoms with Gasteiger partial charge in [-0.2, -0.15) is 4.98 Å². The summed E-state index contributed by atoms with van der Waals surface area (Å²) >= 11 is 1.43. The Labute approximate surface area is 156 Å². The van der Waals surface area contributed by atoms with Gasteiger partial charge in [-0.1, -0.05) is 30.0 Å². The van der Waals surface area contributed by atoms with Crippen molar-refractivity contribution in [2.75, 3.05) is 18.7 Å². The molecule has 2 heterocycles. The van der Waals surface area contributed by atoms with Gasteiger partial charge in [-0.15, -0.1) is 10.2 Å². The number of hydrogen-bond acceptors (Lipinski definition) is 7. The molecule has 1 aromatic heterocycles. The van der Waals surface area contributed by atoms with Crippen molar-refractivity contribution in [1.82, 2.24) is 15.2 Å². The summed E-state index contributed by atoms with van der Waals surface area (Å²) in [5.41, 5.74) is 4.51. The predicted molar refractivity (Wildman–Crippen MR) is 102 cm³/mol. The van der Waals surface area contributed by atoms with Crippen LogP contribution in [0, 0.1) is 6.92 Å². The maximum Gasteiger partial charge on any atom is 0.247 e. The van der Waals surface area contributed by atoms with Crippen molar-refractivity contribution in [2.45, 2.75) is 18.3 Å². The molecule has 2 aromatic carbocycles. The molecule has 0 aliphatic carbocycles. The molecular formula is C19H18N4O2S. The molecular weight excluding hydrogens is 348 g/mol. The Morgan fingerprint density at radius 2 is 2.00 bits per heavy atom. The number of methoxy groups -OCH3 is 1. The first kappa shape index (κ1) is 16.7. The lowest BCUT2D eigenvalue weighted by Gasteiger charge is -2.20. The quantitative estimate of drug-likeness (QED) is 0.700. The van der Waals surface area contributed by atoms with Crippen molar-refractivity contribution in [3.8, 4) is 22.9 Å². The number of benzene rings is 2. The zero-order valence-corrected chi connectivity index (χ0v) is 15.5. The first-order chi connectivity index (χ1) is 12.7. The molecule has 0 spiro atoms. The Morgan fingerprint density at radius 3 is 2.77 bits per heavy atom. The highest BCUT2D eigenvalue weighted by Crippen LogP contribution is 2.39. The van der Waals surface area contributed by atoms with Gasteiger partial charge in [0, 0.05) is 16.8 Å². The molecule has 26 heavy (non-hydrogen) atoms. The van der Waals surface area contributed by atoms with E-state index in [0.29, 0.717) is 16.7 Å². The monoisotopic (exact) mass is 366 g/mol. The molecule has 132 valence electrons. The van der Waals surface area contributed by atoms with Crippen LogP contribution in [0.1, 0.15) is 17.4 Å². The van der Waals surface area contributed by atoms with Gasteiger partial charge in [-0.3, -0.25) is 0 Å². The van der Waals surface area contributed by atoms with E-state index in [1.807, 2.05) is 55.6 Å². The fourth-order valence-corrected chi connectivity index (χ4v) is 3.25. The molecule has 0 unspecified atom stereocenters. The molecule has 3 aromatic rings. The molecule has 1 N–H and O–H groups in total. The highest BCUT2D eigenvalue weighted by molar-refractivity contribution is 7.98. The fraction of sp³-hybridized carbons (Fsp3) is 0.211. The standard InChI is InChI=1S/C19H18N4O2S/c1-11-10-12(8-9-15(11)24-2)17-20-14-7-5-4-6-13(14)16-18(25-17)21-19(26-3)23-22-16/h4-10,17,20H,1-3H3/t17-/m1/s1. The highest BCUT2D eigenvalue weighted by Gasteiger charge is 2.26. The molecule has 1 atom stereocenters. The molecule has 0 bridgehead atoms. The van der Waals surface area contributed by atoms with E-state index in [1.54, 1.807) is 7.11 Å². The third-order valence-electron chi connectivity index (χ3n) is 4.24. The number of nitrogens with zero attached hydrogens (tertiary/aromatic N) is 3. The van der Waals surface area contributed by atoms with Gasteiger partial charge in [0.25, 0.3) is 0 Å². The smallest absolute Gasteiger partial charge is 0.247 e. The molecule has 7 heteroatoms. The van der Waals surface area contributed by atoms with E-state index >= 15 is 0 Å². The summed E-state index contributed by atoms with van der Waals surface area (Å²) in [6.07, 6.45) is 1.52. The van der Waals surface area contributed by atoms with Gasteiger partial charge in [0.05, 0.1) is 7.11 Å². The lowest BCUT2D eigenvalue weighted by atomic mass is 10.1. The van der Waals surface area contributed by atoms with Crippen molar-refractivity contribution >= 4 is 17.4 Å². The predicted octanol–water partition coefficient (Wildman–Crippen LogP) is 4.08. The van der Waals surface area contributed by atoms with Gasteiger partial charge in [0.1, 0.15) is 5.75 Å². The number of nitrogens with one attached hydrogen (secondary N) is 1. The number of rotatable bonds is 3. The number of para-hydroxylation sites is 1. The van der Waals surface area contributed by atoms with Crippen LogP contribution in [0.2, 0.25) is 0 Å². The Bertz CT molecular complexity index is 964. The van der Waals surface area contributed by atoms with E-state index in [4.69, 9.17) is 9.47 Å². The van der Waals surface area contributed by atoms with Crippen LogP contribution in [-0.4, -0.2) is 28.5 Å². The molecule has 0 radical (unpaired) electrons. The van der Waals surface area contributed by atoms with Crippen molar-refractivity contribution in [3.05, 3.63) is 53.6 Å². The zero-order chi connectivity index (χ0) is 18.1. The highest BCUT2D eigenvalue weighted by atomic mass is 32.2. The van der Waals surface area contributed by atoms with E-state index in [2.05, 4.69) is 20.5 Å². The second-order valence-corrected chi connectivity index (χ2v) is 6.64. The Kier molecular flexibility index (Phi) is 4.38. The minimum Gasteiger partial charge on any atom is -0.496 e. The van der Waals surface area contributed by atoms with E-state index in [0.717, 1.165) is 28.1 Å². The normalized spacial score (nSPS) is 15.1.